The Balaban J connectivity index is 0. The number of hydrogen-bond acceptors (Lipinski definition) is 7. The van der Waals surface area contributed by atoms with Crippen molar-refractivity contribution in [1.29, 1.82) is 0 Å². The SMILES string of the molecule is O=[N+]([O-])Nc1nonc1[N+](=O)[O-].[H-].[K+]. The summed E-state index contributed by atoms with van der Waals surface area (Å²) in [6.45, 7) is 0. The van der Waals surface area contributed by atoms with Gasteiger partial charge in [0.1, 0.15) is 0 Å². The van der Waals surface area contributed by atoms with Gasteiger partial charge in [0, 0.05) is 5.16 Å². The molecule has 10 nitrogen and oxygen atoms in total. The van der Waals surface area contributed by atoms with Crippen LogP contribution in [0.5, 0.6) is 0 Å². The van der Waals surface area contributed by atoms with Crippen molar-refractivity contribution in [3.8, 4) is 0 Å². The molecule has 0 aliphatic carbocycles. The predicted octanol–water partition coefficient (Wildman–Crippen LogP) is -3.30. The number of aromatic nitrogens is 2. The number of anilines is 1. The van der Waals surface area contributed by atoms with E-state index < -0.39 is 21.6 Å². The summed E-state index contributed by atoms with van der Waals surface area (Å²) in [6, 6.07) is 0. The van der Waals surface area contributed by atoms with Crippen LogP contribution in [0.3, 0.4) is 0 Å². The summed E-state index contributed by atoms with van der Waals surface area (Å²) in [5.74, 6) is -1.46. The van der Waals surface area contributed by atoms with Crippen LogP contribution in [0.25, 0.3) is 0 Å². The first-order chi connectivity index (χ1) is 5.61. The number of rotatable bonds is 3. The molecule has 11 heteroatoms. The molecule has 66 valence electrons. The summed E-state index contributed by atoms with van der Waals surface area (Å²) < 4.78 is 3.90. The minimum atomic E-state index is -1.01. The van der Waals surface area contributed by atoms with E-state index in [0.29, 0.717) is 0 Å². The van der Waals surface area contributed by atoms with Crippen LogP contribution < -0.4 is 56.8 Å². The number of nitrogens with zero attached hydrogens (tertiary/aromatic N) is 4. The second-order valence-electron chi connectivity index (χ2n) is 1.56. The number of hydrogen-bond donors (Lipinski definition) is 1. The summed E-state index contributed by atoms with van der Waals surface area (Å²) in [4.78, 5) is 18.9. The maximum absolute atomic E-state index is 10.0. The van der Waals surface area contributed by atoms with Crippen LogP contribution in [0.1, 0.15) is 1.43 Å². The van der Waals surface area contributed by atoms with Gasteiger partial charge in [-0.2, -0.15) is 0 Å². The molecule has 0 saturated heterocycles. The van der Waals surface area contributed by atoms with Crippen molar-refractivity contribution in [2.45, 2.75) is 0 Å². The average molecular weight is 215 g/mol. The first-order valence-electron chi connectivity index (χ1n) is 2.49. The van der Waals surface area contributed by atoms with Crippen molar-refractivity contribution >= 4 is 11.6 Å². The fourth-order valence-electron chi connectivity index (χ4n) is 0.461. The van der Waals surface area contributed by atoms with E-state index in [2.05, 4.69) is 14.9 Å². The standard InChI is InChI=1S/C2HN5O5.K.H/c8-6(9)2-1(3-7(10)11)4-12-5-2;;/h(H,3,4);;/q;+1;-1. The summed E-state index contributed by atoms with van der Waals surface area (Å²) in [7, 11) is 0. The maximum Gasteiger partial charge on any atom is 1.00 e. The van der Waals surface area contributed by atoms with E-state index in [1.807, 2.05) is 0 Å². The van der Waals surface area contributed by atoms with Gasteiger partial charge < -0.3 is 11.5 Å². The molecule has 0 radical (unpaired) electrons. The van der Waals surface area contributed by atoms with Crippen LogP contribution in [0, 0.1) is 20.2 Å². The van der Waals surface area contributed by atoms with E-state index in [-0.39, 0.29) is 52.8 Å². The Bertz CT molecular complexity index is 328. The number of nitro groups is 2. The molecular formula is C2H2KN5O5. The van der Waals surface area contributed by atoms with Gasteiger partial charge in [-0.15, -0.1) is 4.63 Å². The van der Waals surface area contributed by atoms with E-state index in [1.54, 1.807) is 0 Å². The van der Waals surface area contributed by atoms with Gasteiger partial charge in [0.05, 0.1) is 0 Å². The monoisotopic (exact) mass is 215 g/mol. The van der Waals surface area contributed by atoms with Gasteiger partial charge in [-0.1, -0.05) is 5.43 Å². The second kappa shape index (κ2) is 5.18. The molecule has 0 aliphatic heterocycles. The topological polar surface area (TPSA) is 137 Å². The second-order valence-corrected chi connectivity index (χ2v) is 1.56. The zero-order valence-corrected chi connectivity index (χ0v) is 9.45. The van der Waals surface area contributed by atoms with Gasteiger partial charge >= 0.3 is 63.0 Å². The molecule has 1 aromatic heterocycles. The van der Waals surface area contributed by atoms with Crippen molar-refractivity contribution in [2.24, 2.45) is 0 Å². The molecule has 0 fully saturated rings. The molecule has 1 aromatic rings. The summed E-state index contributed by atoms with van der Waals surface area (Å²) >= 11 is 0. The third-order valence-electron chi connectivity index (χ3n) is 0.841. The molecule has 13 heavy (non-hydrogen) atoms. The van der Waals surface area contributed by atoms with E-state index >= 15 is 0 Å². The molecule has 1 rings (SSSR count). The van der Waals surface area contributed by atoms with E-state index in [1.165, 1.54) is 5.43 Å². The summed E-state index contributed by atoms with van der Waals surface area (Å²) in [6.07, 6.45) is 0. The van der Waals surface area contributed by atoms with Gasteiger partial charge in [0.15, 0.2) is 10.2 Å². The smallest absolute Gasteiger partial charge is 1.00 e. The van der Waals surface area contributed by atoms with E-state index in [0.717, 1.165) is 0 Å². The van der Waals surface area contributed by atoms with Crippen LogP contribution in [-0.4, -0.2) is 20.3 Å². The molecule has 0 amide bonds. The quantitative estimate of drug-likeness (QED) is 0.314. The molecule has 0 aromatic carbocycles. The number of nitrogens with one attached hydrogen (secondary N) is 1. The maximum atomic E-state index is 10.0. The van der Waals surface area contributed by atoms with Gasteiger partial charge in [-0.05, 0) is 4.92 Å². The molecule has 0 aliphatic rings. The zero-order chi connectivity index (χ0) is 9.14. The van der Waals surface area contributed by atoms with Crippen molar-refractivity contribution in [3.05, 3.63) is 20.2 Å². The third-order valence-corrected chi connectivity index (χ3v) is 0.841. The Labute approximate surface area is 114 Å². The largest absolute Gasteiger partial charge is 1.00 e. The van der Waals surface area contributed by atoms with Crippen LogP contribution in [0.15, 0.2) is 4.63 Å². The molecular weight excluding hydrogens is 213 g/mol. The summed E-state index contributed by atoms with van der Waals surface area (Å²) in [5, 5.41) is 24.6. The molecule has 0 spiro atoms. The Morgan fingerprint density at radius 2 is 2.00 bits per heavy atom. The summed E-state index contributed by atoms with van der Waals surface area (Å²) in [5.41, 5.74) is 1.45. The molecule has 0 saturated carbocycles. The van der Waals surface area contributed by atoms with Crippen LogP contribution in [0.4, 0.5) is 11.6 Å². The first-order valence-corrected chi connectivity index (χ1v) is 2.49. The van der Waals surface area contributed by atoms with Crippen molar-refractivity contribution in [2.75, 3.05) is 5.43 Å². The predicted molar refractivity (Wildman–Crippen MR) is 32.7 cm³/mol. The Hall–Kier alpha value is -0.624. The Morgan fingerprint density at radius 1 is 1.38 bits per heavy atom. The van der Waals surface area contributed by atoms with Gasteiger partial charge in [0.25, 0.3) is 0 Å². The molecule has 1 heterocycles. The molecule has 0 bridgehead atoms. The normalized spacial score (nSPS) is 8.62. The molecule has 1 N–H and O–H groups in total. The van der Waals surface area contributed by atoms with E-state index in [9.17, 15) is 20.2 Å². The average Bonchev–Trinajstić information content (AvgIpc) is 2.33. The fraction of sp³-hybridized carbons (Fsp3) is 0. The van der Waals surface area contributed by atoms with Gasteiger partial charge in [-0.25, -0.2) is 10.1 Å². The minimum absolute atomic E-state index is 0. The minimum Gasteiger partial charge on any atom is -1.00 e. The van der Waals surface area contributed by atoms with Gasteiger partial charge in [-0.3, -0.25) is 0 Å². The Morgan fingerprint density at radius 3 is 2.46 bits per heavy atom. The van der Waals surface area contributed by atoms with Crippen molar-refractivity contribution in [3.63, 3.8) is 0 Å². The van der Waals surface area contributed by atoms with Crippen molar-refractivity contribution < 1.29 is 67.4 Å². The van der Waals surface area contributed by atoms with Crippen LogP contribution in [0.2, 0.25) is 0 Å². The van der Waals surface area contributed by atoms with Crippen molar-refractivity contribution in [1.82, 2.24) is 10.3 Å². The van der Waals surface area contributed by atoms with Crippen LogP contribution in [-0.2, 0) is 0 Å². The molecule has 0 atom stereocenters. The van der Waals surface area contributed by atoms with Gasteiger partial charge in [0.2, 0.25) is 0 Å². The third kappa shape index (κ3) is 3.31. The molecule has 0 unspecified atom stereocenters. The Kier molecular flexibility index (Phi) is 4.93. The zero-order valence-electron chi connectivity index (χ0n) is 7.33. The van der Waals surface area contributed by atoms with Crippen LogP contribution >= 0.6 is 0 Å². The first kappa shape index (κ1) is 12.4. The van der Waals surface area contributed by atoms with E-state index in [4.69, 9.17) is 0 Å². The fourth-order valence-corrected chi connectivity index (χ4v) is 0.461. The number of hydrazine groups is 1.